The molecule has 0 aliphatic heterocycles. The second kappa shape index (κ2) is 54.0. The summed E-state index contributed by atoms with van der Waals surface area (Å²) in [5.74, 6) is 0.915. The molecule has 0 atom stereocenters. The van der Waals surface area contributed by atoms with Crippen molar-refractivity contribution >= 4 is 101 Å². The van der Waals surface area contributed by atoms with Crippen molar-refractivity contribution in [3.63, 3.8) is 0 Å². The molecule has 0 saturated carbocycles. The van der Waals surface area contributed by atoms with Gasteiger partial charge in [0.2, 0.25) is 0 Å². The van der Waals surface area contributed by atoms with Crippen molar-refractivity contribution in [1.29, 1.82) is 0 Å². The molecule has 12 heteroatoms. The normalized spacial score (nSPS) is 9.53. The fourth-order valence-electron chi connectivity index (χ4n) is 7.53. The SMILES string of the molecule is C=CC(=O)OC.C=Cc1ccc(OC)cc1.C=Cc1ccccc1.C=Cc1ccccc1.COc1ccc(C=Cc2ccccc2)cc1.Clc1ccccc1.Clc1ccccc1.Fc1ccc(C=Cc2ccccc2)cc1.Fc1ccc(Cl)cc1.O=[N+]([O-])c1ccc(C=Cc2ccccc2)cc1. The highest BCUT2D eigenvalue weighted by Crippen LogP contribution is 2.17. The molecule has 0 unspecified atom stereocenters. The number of nitro benzene ring substituents is 1. The number of nitro groups is 1. The highest BCUT2D eigenvalue weighted by atomic mass is 35.5. The van der Waals surface area contributed by atoms with Crippen LogP contribution in [-0.2, 0) is 9.53 Å². The van der Waals surface area contributed by atoms with Crippen LogP contribution in [0.25, 0.3) is 54.7 Å². The first-order valence-corrected chi connectivity index (χ1v) is 32.7. The van der Waals surface area contributed by atoms with Crippen molar-refractivity contribution in [3.05, 3.63) is 453 Å². The van der Waals surface area contributed by atoms with Crippen molar-refractivity contribution in [2.45, 2.75) is 0 Å². The minimum Gasteiger partial charge on any atom is -0.497 e. The van der Waals surface area contributed by atoms with Gasteiger partial charge in [0, 0.05) is 33.3 Å². The minimum atomic E-state index is -0.398. The fraction of sp³-hybridized carbons (Fsp3) is 0.0333. The smallest absolute Gasteiger partial charge is 0.329 e. The van der Waals surface area contributed by atoms with Gasteiger partial charge in [-0.2, -0.15) is 0 Å². The summed E-state index contributed by atoms with van der Waals surface area (Å²) in [7, 11) is 4.64. The highest BCUT2D eigenvalue weighted by molar-refractivity contribution is 6.31. The Hall–Kier alpha value is -12.0. The lowest BCUT2D eigenvalue weighted by Gasteiger charge is -1.99. The molecule has 0 saturated heterocycles. The average molecular weight is 1420 g/mol. The zero-order valence-electron chi connectivity index (χ0n) is 57.1. The van der Waals surface area contributed by atoms with E-state index in [-0.39, 0.29) is 17.3 Å². The van der Waals surface area contributed by atoms with Gasteiger partial charge >= 0.3 is 5.97 Å². The predicted molar refractivity (Wildman–Crippen MR) is 431 cm³/mol. The Kier molecular flexibility index (Phi) is 44.6. The first-order chi connectivity index (χ1) is 49.6. The number of ether oxygens (including phenoxy) is 3. The summed E-state index contributed by atoms with van der Waals surface area (Å²) in [4.78, 5) is 19.9. The summed E-state index contributed by atoms with van der Waals surface area (Å²) in [6, 6.07) is 103. The van der Waals surface area contributed by atoms with Crippen molar-refractivity contribution in [3.8, 4) is 11.5 Å². The van der Waals surface area contributed by atoms with Gasteiger partial charge < -0.3 is 14.2 Å². The van der Waals surface area contributed by atoms with Crippen LogP contribution in [0.1, 0.15) is 50.1 Å². The molecule has 102 heavy (non-hydrogen) atoms. The summed E-state index contributed by atoms with van der Waals surface area (Å²) in [5, 5.41) is 12.6. The number of rotatable bonds is 13. The molecule has 0 heterocycles. The van der Waals surface area contributed by atoms with E-state index in [4.69, 9.17) is 44.3 Å². The number of carbonyl (C=O) groups excluding carboxylic acids is 1. The van der Waals surface area contributed by atoms with E-state index in [0.717, 1.165) is 55.4 Å². The number of hydrogen-bond acceptors (Lipinski definition) is 6. The predicted octanol–water partition coefficient (Wildman–Crippen LogP) is 26.1. The summed E-state index contributed by atoms with van der Waals surface area (Å²) < 4.78 is 38.9. The molecule has 0 amide bonds. The van der Waals surface area contributed by atoms with Crippen LogP contribution in [0.3, 0.4) is 0 Å². The average Bonchev–Trinajstić information content (AvgIpc) is 0.966. The lowest BCUT2D eigenvalue weighted by molar-refractivity contribution is -0.384. The van der Waals surface area contributed by atoms with Crippen molar-refractivity contribution in [2.75, 3.05) is 21.3 Å². The van der Waals surface area contributed by atoms with Gasteiger partial charge in [0.05, 0.1) is 26.3 Å². The van der Waals surface area contributed by atoms with Gasteiger partial charge in [-0.15, -0.1) is 0 Å². The van der Waals surface area contributed by atoms with Crippen LogP contribution in [0.5, 0.6) is 11.5 Å². The Morgan fingerprint density at radius 2 is 0.539 bits per heavy atom. The Morgan fingerprint density at radius 3 is 0.745 bits per heavy atom. The quantitative estimate of drug-likeness (QED) is 0.0376. The molecule has 0 radical (unpaired) electrons. The third kappa shape index (κ3) is 41.3. The summed E-state index contributed by atoms with van der Waals surface area (Å²) in [6.45, 7) is 14.1. The van der Waals surface area contributed by atoms with E-state index in [9.17, 15) is 23.7 Å². The second-order valence-corrected chi connectivity index (χ2v) is 21.7. The second-order valence-electron chi connectivity index (χ2n) is 20.4. The Morgan fingerprint density at radius 1 is 0.324 bits per heavy atom. The zero-order valence-corrected chi connectivity index (χ0v) is 59.4. The number of methoxy groups -OCH3 is 3. The lowest BCUT2D eigenvalue weighted by atomic mass is 10.1. The van der Waals surface area contributed by atoms with Crippen LogP contribution in [0.15, 0.2) is 366 Å². The first-order valence-electron chi connectivity index (χ1n) is 31.6. The van der Waals surface area contributed by atoms with E-state index in [2.05, 4.69) is 55.3 Å². The van der Waals surface area contributed by atoms with Crippen LogP contribution in [-0.4, -0.2) is 32.2 Å². The van der Waals surface area contributed by atoms with E-state index in [1.165, 1.54) is 77.9 Å². The summed E-state index contributed by atoms with van der Waals surface area (Å²) in [6.07, 6.45) is 18.7. The number of carbonyl (C=O) groups is 1. The summed E-state index contributed by atoms with van der Waals surface area (Å²) >= 11 is 16.5. The minimum absolute atomic E-state index is 0.113. The molecule has 0 aliphatic carbocycles. The monoisotopic (exact) mass is 1420 g/mol. The van der Waals surface area contributed by atoms with E-state index in [0.29, 0.717) is 5.02 Å². The van der Waals surface area contributed by atoms with E-state index in [1.54, 1.807) is 44.6 Å². The van der Waals surface area contributed by atoms with E-state index in [1.807, 2.05) is 285 Å². The van der Waals surface area contributed by atoms with Crippen molar-refractivity contribution < 1.29 is 32.7 Å². The largest absolute Gasteiger partial charge is 0.497 e. The van der Waals surface area contributed by atoms with Crippen LogP contribution in [0, 0.1) is 21.7 Å². The number of esters is 1. The Labute approximate surface area is 615 Å². The van der Waals surface area contributed by atoms with Crippen LogP contribution >= 0.6 is 34.8 Å². The Balaban J connectivity index is 0.000000301. The molecule has 0 bridgehead atoms. The first kappa shape index (κ1) is 84.2. The van der Waals surface area contributed by atoms with Crippen LogP contribution in [0.4, 0.5) is 14.5 Å². The standard InChI is InChI=1S/C15H14O.C14H11F.C14H11NO2.C9H10O.2C8H8.C6H4ClF.2C6H5Cl.C4H6O2/c1-16-15-11-9-14(10-12-15)8-7-13-5-3-2-4-6-13;15-14-10-8-13(9-11-14)7-6-12-4-2-1-3-5-12;16-15(17)14-10-8-13(9-11-14)7-6-12-4-2-1-3-5-12;1-3-8-4-6-9(10-2)7-5-8;2*1-2-8-6-4-3-5-7-8;7-5-1-3-6(8)4-2-5;2*7-6-4-2-1-3-5-6;1-3-4(5)6-2/h2-12H,1H3;1-11H;1-11H;3-7H,1H2,2H3;2*2-7H,1H2;1-4H;2*1-5H;3H,1H2,2H3. The number of non-ortho nitro benzene ring substituents is 1. The maximum atomic E-state index is 12.6. The van der Waals surface area contributed by atoms with Gasteiger partial charge in [0.1, 0.15) is 23.1 Å². The molecule has 518 valence electrons. The van der Waals surface area contributed by atoms with Gasteiger partial charge in [-0.3, -0.25) is 10.1 Å². The summed E-state index contributed by atoms with van der Waals surface area (Å²) in [5.41, 5.74) is 10.1. The molecule has 0 aromatic heterocycles. The molecule has 0 N–H and O–H groups in total. The van der Waals surface area contributed by atoms with Crippen molar-refractivity contribution in [2.24, 2.45) is 0 Å². The maximum absolute atomic E-state index is 12.6. The van der Waals surface area contributed by atoms with E-state index < -0.39 is 10.9 Å². The number of benzene rings is 12. The van der Waals surface area contributed by atoms with Gasteiger partial charge in [-0.25, -0.2) is 13.6 Å². The molecule has 7 nitrogen and oxygen atoms in total. The van der Waals surface area contributed by atoms with Gasteiger partial charge in [0.25, 0.3) is 5.69 Å². The van der Waals surface area contributed by atoms with Crippen LogP contribution < -0.4 is 9.47 Å². The fourth-order valence-corrected chi connectivity index (χ4v) is 7.94. The van der Waals surface area contributed by atoms with Gasteiger partial charge in [0.15, 0.2) is 0 Å². The molecule has 0 aliphatic rings. The molecule has 12 rings (SSSR count). The highest BCUT2D eigenvalue weighted by Gasteiger charge is 2.02. The topological polar surface area (TPSA) is 87.9 Å². The maximum Gasteiger partial charge on any atom is 0.329 e. The number of hydrogen-bond donors (Lipinski definition) is 0. The third-order valence-corrected chi connectivity index (χ3v) is 13.7. The van der Waals surface area contributed by atoms with Gasteiger partial charge in [-0.1, -0.05) is 340 Å². The molecular weight excluding hydrogens is 1340 g/mol. The molecule has 0 spiro atoms. The Bertz CT molecular complexity index is 4170. The van der Waals surface area contributed by atoms with Crippen molar-refractivity contribution in [1.82, 2.24) is 0 Å². The molecule has 0 fully saturated rings. The number of nitrogens with zero attached hydrogens (tertiary/aromatic N) is 1. The lowest BCUT2D eigenvalue weighted by Crippen LogP contribution is -1.91. The van der Waals surface area contributed by atoms with E-state index >= 15 is 0 Å². The molecular formula is C90H82Cl3F2NO6. The zero-order chi connectivity index (χ0) is 74.1. The van der Waals surface area contributed by atoms with Gasteiger partial charge in [-0.05, 0) is 147 Å². The third-order valence-electron chi connectivity index (χ3n) is 13.0. The molecule has 12 aromatic carbocycles. The molecule has 12 aromatic rings. The van der Waals surface area contributed by atoms with Crippen LogP contribution in [0.2, 0.25) is 15.1 Å². The number of halogens is 5.